The molecule has 1 heterocycles. The van der Waals surface area contributed by atoms with Gasteiger partial charge in [-0.25, -0.2) is 9.78 Å². The number of rotatable bonds is 5. The number of nitrogens with zero attached hydrogens (tertiary/aromatic N) is 2. The van der Waals surface area contributed by atoms with Crippen LogP contribution in [0.4, 0.5) is 23.1 Å². The number of likely N-dealkylation sites (N-methyl/N-ethyl adjacent to an activating group) is 1. The molecule has 0 unspecified atom stereocenters. The molecule has 12 heteroatoms. The Kier molecular flexibility index (Phi) is 6.73. The van der Waals surface area contributed by atoms with Crippen molar-refractivity contribution in [1.29, 1.82) is 0 Å². The van der Waals surface area contributed by atoms with Crippen molar-refractivity contribution >= 4 is 34.2 Å². The SMILES string of the molecule is CNC(=O)/C(=N\OCC(F)(F)F)c1csc(NC(=O)OC(C)(C)C)n1. The molecule has 1 aromatic heterocycles. The number of ether oxygens (including phenoxy) is 1. The number of anilines is 1. The molecule has 0 saturated carbocycles. The van der Waals surface area contributed by atoms with Crippen molar-refractivity contribution in [2.24, 2.45) is 5.16 Å². The Morgan fingerprint density at radius 2 is 1.96 bits per heavy atom. The van der Waals surface area contributed by atoms with E-state index in [4.69, 9.17) is 4.74 Å². The zero-order valence-corrected chi connectivity index (χ0v) is 14.7. The van der Waals surface area contributed by atoms with Crippen LogP contribution in [0.3, 0.4) is 0 Å². The lowest BCUT2D eigenvalue weighted by molar-refractivity contribution is -0.173. The van der Waals surface area contributed by atoms with Gasteiger partial charge in [0.2, 0.25) is 6.61 Å². The lowest BCUT2D eigenvalue weighted by atomic mass is 10.2. The van der Waals surface area contributed by atoms with Crippen LogP contribution >= 0.6 is 11.3 Å². The summed E-state index contributed by atoms with van der Waals surface area (Å²) in [6.45, 7) is 3.37. The fourth-order valence-corrected chi connectivity index (χ4v) is 2.00. The molecule has 0 aliphatic heterocycles. The van der Waals surface area contributed by atoms with Crippen molar-refractivity contribution in [3.05, 3.63) is 11.1 Å². The van der Waals surface area contributed by atoms with E-state index in [1.165, 1.54) is 12.4 Å². The molecule has 1 rings (SSSR count). The Labute approximate surface area is 145 Å². The van der Waals surface area contributed by atoms with Gasteiger partial charge in [0, 0.05) is 12.4 Å². The second kappa shape index (κ2) is 8.14. The molecule has 0 aliphatic carbocycles. The molecule has 0 fully saturated rings. The van der Waals surface area contributed by atoms with Gasteiger partial charge in [0.25, 0.3) is 5.91 Å². The molecule has 2 N–H and O–H groups in total. The quantitative estimate of drug-likeness (QED) is 0.602. The number of carbonyl (C=O) groups is 2. The summed E-state index contributed by atoms with van der Waals surface area (Å²) < 4.78 is 41.4. The van der Waals surface area contributed by atoms with E-state index < -0.39 is 36.1 Å². The number of hydrogen-bond donors (Lipinski definition) is 2. The molecule has 25 heavy (non-hydrogen) atoms. The topological polar surface area (TPSA) is 102 Å². The first kappa shape index (κ1) is 20.7. The van der Waals surface area contributed by atoms with Crippen LogP contribution in [-0.2, 0) is 14.4 Å². The van der Waals surface area contributed by atoms with Crippen LogP contribution in [0.2, 0.25) is 0 Å². The van der Waals surface area contributed by atoms with E-state index in [1.54, 1.807) is 20.8 Å². The maximum Gasteiger partial charge on any atom is 0.425 e. The van der Waals surface area contributed by atoms with Crippen LogP contribution in [0, 0.1) is 0 Å². The summed E-state index contributed by atoms with van der Waals surface area (Å²) in [6.07, 6.45) is -5.36. The van der Waals surface area contributed by atoms with Crippen molar-refractivity contribution in [1.82, 2.24) is 10.3 Å². The van der Waals surface area contributed by atoms with Gasteiger partial charge in [-0.2, -0.15) is 13.2 Å². The molecule has 0 aromatic carbocycles. The van der Waals surface area contributed by atoms with Gasteiger partial charge in [0.1, 0.15) is 11.3 Å². The predicted molar refractivity (Wildman–Crippen MR) is 84.6 cm³/mol. The highest BCUT2D eigenvalue weighted by Crippen LogP contribution is 2.19. The Morgan fingerprint density at radius 1 is 1.32 bits per heavy atom. The number of nitrogens with one attached hydrogen (secondary N) is 2. The number of carbonyl (C=O) groups excluding carboxylic acids is 2. The summed E-state index contributed by atoms with van der Waals surface area (Å²) in [4.78, 5) is 31.5. The van der Waals surface area contributed by atoms with Gasteiger partial charge >= 0.3 is 12.3 Å². The van der Waals surface area contributed by atoms with Gasteiger partial charge in [-0.1, -0.05) is 5.16 Å². The average Bonchev–Trinajstić information content (AvgIpc) is 2.87. The zero-order valence-electron chi connectivity index (χ0n) is 13.9. The third kappa shape index (κ3) is 7.83. The molecular formula is C13H17F3N4O4S. The highest BCUT2D eigenvalue weighted by atomic mass is 32.1. The molecule has 0 aliphatic rings. The monoisotopic (exact) mass is 382 g/mol. The van der Waals surface area contributed by atoms with Gasteiger partial charge < -0.3 is 14.9 Å². The second-order valence-electron chi connectivity index (χ2n) is 5.57. The van der Waals surface area contributed by atoms with Crippen molar-refractivity contribution in [3.63, 3.8) is 0 Å². The molecule has 0 atom stereocenters. The molecule has 0 saturated heterocycles. The van der Waals surface area contributed by atoms with Crippen LogP contribution in [0.15, 0.2) is 10.5 Å². The molecule has 0 radical (unpaired) electrons. The van der Waals surface area contributed by atoms with E-state index in [-0.39, 0.29) is 10.8 Å². The molecule has 2 amide bonds. The lowest BCUT2D eigenvalue weighted by Gasteiger charge is -2.18. The van der Waals surface area contributed by atoms with Crippen LogP contribution < -0.4 is 10.6 Å². The standard InChI is InChI=1S/C13H17F3N4O4S/c1-12(2,3)24-11(22)19-10-18-7(5-25-10)8(9(21)17-4)20-23-6-13(14,15)16/h5H,6H2,1-4H3,(H,17,21)(H,18,19,22)/b20-8-. The number of aromatic nitrogens is 1. The Bertz CT molecular complexity index is 652. The van der Waals surface area contributed by atoms with Gasteiger partial charge in [0.05, 0.1) is 0 Å². The van der Waals surface area contributed by atoms with Gasteiger partial charge in [0.15, 0.2) is 10.8 Å². The highest BCUT2D eigenvalue weighted by molar-refractivity contribution is 7.14. The number of hydrogen-bond acceptors (Lipinski definition) is 7. The fraction of sp³-hybridized carbons (Fsp3) is 0.538. The maximum atomic E-state index is 12.1. The second-order valence-corrected chi connectivity index (χ2v) is 6.43. The van der Waals surface area contributed by atoms with Crippen molar-refractivity contribution in [2.45, 2.75) is 32.5 Å². The van der Waals surface area contributed by atoms with Crippen LogP contribution in [0.25, 0.3) is 0 Å². The van der Waals surface area contributed by atoms with Gasteiger partial charge in [-0.05, 0) is 20.8 Å². The average molecular weight is 382 g/mol. The fourth-order valence-electron chi connectivity index (χ4n) is 1.32. The lowest BCUT2D eigenvalue weighted by Crippen LogP contribution is -2.29. The van der Waals surface area contributed by atoms with E-state index in [0.717, 1.165) is 11.3 Å². The molecule has 8 nitrogen and oxygen atoms in total. The minimum Gasteiger partial charge on any atom is -0.444 e. The van der Waals surface area contributed by atoms with E-state index in [0.29, 0.717) is 0 Å². The number of amides is 2. The largest absolute Gasteiger partial charge is 0.444 e. The maximum absolute atomic E-state index is 12.1. The number of oxime groups is 1. The smallest absolute Gasteiger partial charge is 0.425 e. The molecule has 0 spiro atoms. The Hall–Kier alpha value is -2.37. The number of halogens is 3. The van der Waals surface area contributed by atoms with E-state index in [9.17, 15) is 22.8 Å². The first-order chi connectivity index (χ1) is 11.4. The first-order valence-corrected chi connectivity index (χ1v) is 7.74. The summed E-state index contributed by atoms with van der Waals surface area (Å²) in [6, 6.07) is 0. The summed E-state index contributed by atoms with van der Waals surface area (Å²) in [5.74, 6) is -0.795. The van der Waals surface area contributed by atoms with Gasteiger partial charge in [-0.3, -0.25) is 10.1 Å². The van der Waals surface area contributed by atoms with E-state index in [2.05, 4.69) is 25.6 Å². The summed E-state index contributed by atoms with van der Waals surface area (Å²) in [5, 5.41) is 9.16. The van der Waals surface area contributed by atoms with Crippen LogP contribution in [0.1, 0.15) is 26.5 Å². The van der Waals surface area contributed by atoms with Crippen LogP contribution in [-0.4, -0.2) is 48.1 Å². The highest BCUT2D eigenvalue weighted by Gasteiger charge is 2.29. The van der Waals surface area contributed by atoms with Crippen molar-refractivity contribution < 1.29 is 32.3 Å². The summed E-state index contributed by atoms with van der Waals surface area (Å²) in [7, 11) is 1.27. The van der Waals surface area contributed by atoms with Crippen molar-refractivity contribution in [3.8, 4) is 0 Å². The Morgan fingerprint density at radius 3 is 2.48 bits per heavy atom. The Balaban J connectivity index is 2.88. The predicted octanol–water partition coefficient (Wildman–Crippen LogP) is 2.52. The van der Waals surface area contributed by atoms with Gasteiger partial charge in [-0.15, -0.1) is 11.3 Å². The summed E-state index contributed by atoms with van der Waals surface area (Å²) >= 11 is 0.937. The number of thiazole rings is 1. The third-order valence-corrected chi connectivity index (χ3v) is 2.94. The first-order valence-electron chi connectivity index (χ1n) is 6.86. The minimum absolute atomic E-state index is 0.0578. The van der Waals surface area contributed by atoms with Crippen molar-refractivity contribution in [2.75, 3.05) is 19.0 Å². The number of alkyl halides is 3. The molecular weight excluding hydrogens is 365 g/mol. The normalized spacial score (nSPS) is 12.5. The van der Waals surface area contributed by atoms with Crippen LogP contribution in [0.5, 0.6) is 0 Å². The molecule has 0 bridgehead atoms. The third-order valence-electron chi connectivity index (χ3n) is 2.18. The molecule has 1 aromatic rings. The summed E-state index contributed by atoms with van der Waals surface area (Å²) in [5.41, 5.74) is -1.23. The zero-order chi connectivity index (χ0) is 19.3. The van der Waals surface area contributed by atoms with E-state index in [1.807, 2.05) is 0 Å². The minimum atomic E-state index is -4.59. The van der Waals surface area contributed by atoms with E-state index >= 15 is 0 Å². The molecule has 140 valence electrons.